The van der Waals surface area contributed by atoms with Gasteiger partial charge in [-0.15, -0.1) is 11.8 Å². The van der Waals surface area contributed by atoms with E-state index in [0.717, 1.165) is 23.0 Å². The molecule has 0 aliphatic rings. The maximum atomic E-state index is 12.8. The molecule has 0 radical (unpaired) electrons. The minimum atomic E-state index is -4.50. The minimum absolute atomic E-state index is 0.164. The van der Waals surface area contributed by atoms with Gasteiger partial charge in [-0.25, -0.2) is 15.0 Å². The summed E-state index contributed by atoms with van der Waals surface area (Å²) in [5.74, 6) is 1.43. The van der Waals surface area contributed by atoms with Gasteiger partial charge < -0.3 is 4.74 Å². The summed E-state index contributed by atoms with van der Waals surface area (Å²) in [7, 11) is 1.55. The summed E-state index contributed by atoms with van der Waals surface area (Å²) in [6, 6.07) is 2.75. The third-order valence-corrected chi connectivity index (χ3v) is 4.16. The summed E-state index contributed by atoms with van der Waals surface area (Å²) in [6.45, 7) is 2.00. The molecule has 126 valence electrons. The van der Waals surface area contributed by atoms with Crippen LogP contribution in [0.2, 0.25) is 0 Å². The van der Waals surface area contributed by atoms with E-state index in [2.05, 4.69) is 15.0 Å². The topological polar surface area (TPSA) is 52.3 Å². The summed E-state index contributed by atoms with van der Waals surface area (Å²) >= 11 is 1.56. The quantitative estimate of drug-likeness (QED) is 0.665. The van der Waals surface area contributed by atoms with Crippen LogP contribution in [-0.4, -0.2) is 32.2 Å². The molecule has 0 aliphatic heterocycles. The van der Waals surface area contributed by atoms with Gasteiger partial charge in [-0.05, 0) is 11.8 Å². The van der Waals surface area contributed by atoms with Crippen LogP contribution in [0.15, 0.2) is 35.7 Å². The van der Waals surface area contributed by atoms with Crippen LogP contribution in [-0.2, 0) is 6.18 Å². The van der Waals surface area contributed by atoms with E-state index in [-0.39, 0.29) is 5.65 Å². The molecule has 0 spiro atoms. The van der Waals surface area contributed by atoms with Crippen molar-refractivity contribution >= 4 is 17.4 Å². The number of methoxy groups -OCH3 is 1. The molecule has 3 rings (SSSR count). The Morgan fingerprint density at radius 3 is 2.71 bits per heavy atom. The summed E-state index contributed by atoms with van der Waals surface area (Å²) in [5.41, 5.74) is 0.269. The van der Waals surface area contributed by atoms with Crippen molar-refractivity contribution in [1.82, 2.24) is 19.4 Å². The number of halogens is 3. The Labute approximate surface area is 139 Å². The number of rotatable bonds is 4. The zero-order valence-electron chi connectivity index (χ0n) is 12.8. The van der Waals surface area contributed by atoms with E-state index in [0.29, 0.717) is 17.1 Å². The van der Waals surface area contributed by atoms with Crippen molar-refractivity contribution in [2.75, 3.05) is 12.9 Å². The molecule has 0 N–H and O–H groups in total. The van der Waals surface area contributed by atoms with Crippen LogP contribution < -0.4 is 4.74 Å². The van der Waals surface area contributed by atoms with Crippen LogP contribution in [0.5, 0.6) is 5.75 Å². The van der Waals surface area contributed by atoms with Gasteiger partial charge in [0.1, 0.15) is 34.8 Å². The number of thioether (sulfide) groups is 1. The molecule has 3 heterocycles. The molecule has 0 bridgehead atoms. The maximum Gasteiger partial charge on any atom is 0.433 e. The second-order valence-electron chi connectivity index (χ2n) is 4.82. The average Bonchev–Trinajstić information content (AvgIpc) is 2.97. The Hall–Kier alpha value is -2.29. The highest BCUT2D eigenvalue weighted by atomic mass is 32.2. The largest absolute Gasteiger partial charge is 0.495 e. The smallest absolute Gasteiger partial charge is 0.433 e. The van der Waals surface area contributed by atoms with Crippen molar-refractivity contribution < 1.29 is 17.9 Å². The first kappa shape index (κ1) is 16.6. The van der Waals surface area contributed by atoms with Crippen molar-refractivity contribution in [2.24, 2.45) is 0 Å². The molecule has 3 aromatic heterocycles. The third-order valence-electron chi connectivity index (χ3n) is 3.24. The number of ether oxygens (including phenoxy) is 1. The van der Waals surface area contributed by atoms with Gasteiger partial charge in [0.2, 0.25) is 0 Å². The molecule has 24 heavy (non-hydrogen) atoms. The number of imidazole rings is 1. The van der Waals surface area contributed by atoms with Gasteiger partial charge in [0.15, 0.2) is 0 Å². The van der Waals surface area contributed by atoms with Crippen LogP contribution in [0.1, 0.15) is 12.6 Å². The van der Waals surface area contributed by atoms with E-state index in [1.165, 1.54) is 4.40 Å². The fraction of sp³-hybridized carbons (Fsp3) is 0.267. The normalized spacial score (nSPS) is 11.9. The molecule has 0 saturated carbocycles. The number of pyridine rings is 1. The highest BCUT2D eigenvalue weighted by Gasteiger charge is 2.33. The molecule has 0 fully saturated rings. The monoisotopic (exact) mass is 354 g/mol. The van der Waals surface area contributed by atoms with Gasteiger partial charge in [-0.3, -0.25) is 4.40 Å². The third kappa shape index (κ3) is 3.16. The van der Waals surface area contributed by atoms with Crippen molar-refractivity contribution in [1.29, 1.82) is 0 Å². The SMILES string of the molecule is CCSc1cc(OC)cnc1-c1cn2cnc(C(F)(F)F)cc2n1. The van der Waals surface area contributed by atoms with Crippen LogP contribution in [0.4, 0.5) is 13.2 Å². The molecule has 0 amide bonds. The first-order valence-corrected chi connectivity index (χ1v) is 8.00. The van der Waals surface area contributed by atoms with Crippen LogP contribution >= 0.6 is 11.8 Å². The fourth-order valence-corrected chi connectivity index (χ4v) is 2.96. The van der Waals surface area contributed by atoms with E-state index >= 15 is 0 Å². The first-order chi connectivity index (χ1) is 11.4. The summed E-state index contributed by atoms with van der Waals surface area (Å²) in [6.07, 6.45) is -0.240. The lowest BCUT2D eigenvalue weighted by atomic mass is 10.3. The Bertz CT molecular complexity index is 879. The molecule has 0 aliphatic carbocycles. The summed E-state index contributed by atoms with van der Waals surface area (Å²) in [4.78, 5) is 12.9. The zero-order valence-corrected chi connectivity index (χ0v) is 13.6. The Morgan fingerprint density at radius 1 is 1.25 bits per heavy atom. The summed E-state index contributed by atoms with van der Waals surface area (Å²) in [5, 5.41) is 0. The highest BCUT2D eigenvalue weighted by molar-refractivity contribution is 7.99. The Morgan fingerprint density at radius 2 is 2.04 bits per heavy atom. The van der Waals surface area contributed by atoms with Crippen molar-refractivity contribution in [3.63, 3.8) is 0 Å². The molecule has 3 aromatic rings. The van der Waals surface area contributed by atoms with E-state index in [9.17, 15) is 13.2 Å². The molecule has 0 saturated heterocycles. The average molecular weight is 354 g/mol. The van der Waals surface area contributed by atoms with Gasteiger partial charge in [-0.1, -0.05) is 6.92 Å². The minimum Gasteiger partial charge on any atom is -0.495 e. The lowest BCUT2D eigenvalue weighted by molar-refractivity contribution is -0.141. The van der Waals surface area contributed by atoms with Gasteiger partial charge in [-0.2, -0.15) is 13.2 Å². The van der Waals surface area contributed by atoms with E-state index in [1.807, 2.05) is 13.0 Å². The highest BCUT2D eigenvalue weighted by Crippen LogP contribution is 2.33. The van der Waals surface area contributed by atoms with Gasteiger partial charge in [0.05, 0.1) is 13.3 Å². The zero-order chi connectivity index (χ0) is 17.3. The molecular formula is C15H13F3N4OS. The molecule has 0 atom stereocenters. The number of nitrogens with zero attached hydrogens (tertiary/aromatic N) is 4. The van der Waals surface area contributed by atoms with E-state index in [1.54, 1.807) is 31.3 Å². The van der Waals surface area contributed by atoms with Crippen LogP contribution in [0.25, 0.3) is 17.0 Å². The lowest BCUT2D eigenvalue weighted by Gasteiger charge is -2.07. The Kier molecular flexibility index (Phi) is 4.35. The predicted octanol–water partition coefficient (Wildman–Crippen LogP) is 3.93. The second kappa shape index (κ2) is 6.31. The lowest BCUT2D eigenvalue weighted by Crippen LogP contribution is -2.08. The second-order valence-corrected chi connectivity index (χ2v) is 6.12. The van der Waals surface area contributed by atoms with Crippen molar-refractivity contribution in [3.8, 4) is 17.1 Å². The first-order valence-electron chi connectivity index (χ1n) is 7.01. The van der Waals surface area contributed by atoms with Gasteiger partial charge >= 0.3 is 6.18 Å². The fourth-order valence-electron chi connectivity index (χ4n) is 2.16. The van der Waals surface area contributed by atoms with Gasteiger partial charge in [0, 0.05) is 17.2 Å². The number of hydrogen-bond donors (Lipinski definition) is 0. The number of hydrogen-bond acceptors (Lipinski definition) is 5. The van der Waals surface area contributed by atoms with Crippen molar-refractivity contribution in [2.45, 2.75) is 18.0 Å². The predicted molar refractivity (Wildman–Crippen MR) is 84.2 cm³/mol. The number of fused-ring (bicyclic) bond motifs is 1. The summed E-state index contributed by atoms with van der Waals surface area (Å²) < 4.78 is 44.9. The molecule has 0 unspecified atom stereocenters. The van der Waals surface area contributed by atoms with Crippen molar-refractivity contribution in [3.05, 3.63) is 36.5 Å². The van der Waals surface area contributed by atoms with E-state index in [4.69, 9.17) is 4.74 Å². The molecule has 5 nitrogen and oxygen atoms in total. The maximum absolute atomic E-state index is 12.8. The van der Waals surface area contributed by atoms with Gasteiger partial charge in [0.25, 0.3) is 0 Å². The molecule has 9 heteroatoms. The Balaban J connectivity index is 2.09. The van der Waals surface area contributed by atoms with E-state index < -0.39 is 11.9 Å². The number of alkyl halides is 3. The standard InChI is InChI=1S/C15H13F3N4OS/c1-3-24-11-4-9(23-2)6-19-14(11)10-7-22-8-20-12(15(16,17)18)5-13(22)21-10/h4-8H,3H2,1-2H3. The van der Waals surface area contributed by atoms with Crippen LogP contribution in [0, 0.1) is 0 Å². The number of aromatic nitrogens is 4. The molecule has 0 aromatic carbocycles. The van der Waals surface area contributed by atoms with Crippen LogP contribution in [0.3, 0.4) is 0 Å². The molecular weight excluding hydrogens is 341 g/mol.